The first-order valence-corrected chi connectivity index (χ1v) is 7.01. The lowest BCUT2D eigenvalue weighted by Crippen LogP contribution is -2.19. The minimum Gasteiger partial charge on any atom is -0.467 e. The van der Waals surface area contributed by atoms with Crippen molar-refractivity contribution < 1.29 is 4.74 Å². The molecule has 1 heterocycles. The van der Waals surface area contributed by atoms with E-state index in [9.17, 15) is 0 Å². The summed E-state index contributed by atoms with van der Waals surface area (Å²) in [5.41, 5.74) is 0. The number of ether oxygens (including phenoxy) is 1. The van der Waals surface area contributed by atoms with Gasteiger partial charge in [0.1, 0.15) is 0 Å². The van der Waals surface area contributed by atoms with Gasteiger partial charge in [-0.25, -0.2) is 0 Å². The van der Waals surface area contributed by atoms with Gasteiger partial charge in [0.15, 0.2) is 0 Å². The number of hydrogen-bond donors (Lipinski definition) is 2. The third-order valence-corrected chi connectivity index (χ3v) is 3.09. The average molecular weight is 265 g/mol. The Morgan fingerprint density at radius 2 is 2.00 bits per heavy atom. The zero-order chi connectivity index (χ0) is 13.7. The molecule has 0 bridgehead atoms. The molecule has 1 atom stereocenters. The Bertz CT molecular complexity index is 408. The molecule has 1 fully saturated rings. The van der Waals surface area contributed by atoms with E-state index in [-0.39, 0.29) is 0 Å². The van der Waals surface area contributed by atoms with E-state index in [1.165, 1.54) is 19.3 Å². The topological polar surface area (TPSA) is 72.0 Å². The van der Waals surface area contributed by atoms with Crippen molar-refractivity contribution in [3.8, 4) is 6.01 Å². The summed E-state index contributed by atoms with van der Waals surface area (Å²) >= 11 is 0. The average Bonchev–Trinajstić information content (AvgIpc) is 3.19. The van der Waals surface area contributed by atoms with Crippen molar-refractivity contribution >= 4 is 11.9 Å². The zero-order valence-electron chi connectivity index (χ0n) is 11.9. The molecule has 106 valence electrons. The molecule has 0 spiro atoms. The number of anilines is 2. The number of rotatable bonds is 8. The fourth-order valence-corrected chi connectivity index (χ4v) is 1.96. The summed E-state index contributed by atoms with van der Waals surface area (Å²) in [5.74, 6) is 2.03. The highest BCUT2D eigenvalue weighted by molar-refractivity contribution is 5.36. The molecule has 19 heavy (non-hydrogen) atoms. The van der Waals surface area contributed by atoms with E-state index in [4.69, 9.17) is 4.74 Å². The normalized spacial score (nSPS) is 15.9. The van der Waals surface area contributed by atoms with E-state index < -0.39 is 0 Å². The first-order valence-electron chi connectivity index (χ1n) is 7.01. The number of hydrogen-bond acceptors (Lipinski definition) is 6. The fourth-order valence-electron chi connectivity index (χ4n) is 1.96. The molecule has 1 aromatic heterocycles. The van der Waals surface area contributed by atoms with Crippen LogP contribution in [-0.4, -0.2) is 34.6 Å². The Balaban J connectivity index is 2.00. The van der Waals surface area contributed by atoms with Gasteiger partial charge < -0.3 is 15.4 Å². The molecule has 2 rings (SSSR count). The lowest BCUT2D eigenvalue weighted by atomic mass is 10.2. The van der Waals surface area contributed by atoms with Crippen molar-refractivity contribution in [2.75, 3.05) is 24.3 Å². The van der Waals surface area contributed by atoms with Gasteiger partial charge in [0.25, 0.3) is 0 Å². The van der Waals surface area contributed by atoms with E-state index in [2.05, 4.69) is 39.4 Å². The number of aromatic nitrogens is 3. The largest absolute Gasteiger partial charge is 0.467 e. The molecular formula is C13H23N5O. The van der Waals surface area contributed by atoms with Crippen molar-refractivity contribution in [3.63, 3.8) is 0 Å². The predicted molar refractivity (Wildman–Crippen MR) is 75.6 cm³/mol. The van der Waals surface area contributed by atoms with Gasteiger partial charge in [0.05, 0.1) is 7.11 Å². The van der Waals surface area contributed by atoms with E-state index in [0.29, 0.717) is 23.9 Å². The third kappa shape index (κ3) is 4.54. The second kappa shape index (κ2) is 6.54. The Labute approximate surface area is 114 Å². The van der Waals surface area contributed by atoms with Crippen LogP contribution in [0.3, 0.4) is 0 Å². The van der Waals surface area contributed by atoms with Gasteiger partial charge in [-0.05, 0) is 25.7 Å². The summed E-state index contributed by atoms with van der Waals surface area (Å²) in [6.07, 6.45) is 4.91. The molecule has 0 aromatic carbocycles. The second-order valence-corrected chi connectivity index (χ2v) is 5.12. The Kier molecular flexibility index (Phi) is 4.76. The maximum absolute atomic E-state index is 5.11. The summed E-state index contributed by atoms with van der Waals surface area (Å²) in [6.45, 7) is 5.10. The zero-order valence-corrected chi connectivity index (χ0v) is 11.9. The molecule has 1 unspecified atom stereocenters. The Morgan fingerprint density at radius 3 is 2.63 bits per heavy atom. The SMILES string of the molecule is CCCNc1nc(NC(C)CC2CC2)nc(OC)n1. The lowest BCUT2D eigenvalue weighted by Gasteiger charge is -2.14. The molecule has 0 saturated heterocycles. The number of nitrogens with one attached hydrogen (secondary N) is 2. The smallest absolute Gasteiger partial charge is 0.322 e. The van der Waals surface area contributed by atoms with E-state index in [1.807, 2.05) is 0 Å². The van der Waals surface area contributed by atoms with Gasteiger partial charge in [-0.1, -0.05) is 19.8 Å². The molecule has 1 saturated carbocycles. The molecule has 2 N–H and O–H groups in total. The molecule has 1 aliphatic rings. The summed E-state index contributed by atoms with van der Waals surface area (Å²) in [6, 6.07) is 0.716. The van der Waals surface area contributed by atoms with E-state index in [1.54, 1.807) is 7.11 Å². The lowest BCUT2D eigenvalue weighted by molar-refractivity contribution is 0.379. The van der Waals surface area contributed by atoms with Crippen LogP contribution in [0.2, 0.25) is 0 Å². The fraction of sp³-hybridized carbons (Fsp3) is 0.769. The van der Waals surface area contributed by atoms with Crippen molar-refractivity contribution in [3.05, 3.63) is 0 Å². The van der Waals surface area contributed by atoms with Gasteiger partial charge in [-0.15, -0.1) is 0 Å². The van der Waals surface area contributed by atoms with Crippen LogP contribution in [0.25, 0.3) is 0 Å². The molecular weight excluding hydrogens is 242 g/mol. The quantitative estimate of drug-likeness (QED) is 0.751. The summed E-state index contributed by atoms with van der Waals surface area (Å²) in [4.78, 5) is 12.8. The minimum absolute atomic E-state index is 0.342. The summed E-state index contributed by atoms with van der Waals surface area (Å²) < 4.78 is 5.11. The first kappa shape index (κ1) is 13.8. The standard InChI is InChI=1S/C13H23N5O/c1-4-7-14-11-16-12(18-13(17-11)19-3)15-9(2)8-10-5-6-10/h9-10H,4-8H2,1-3H3,(H2,14,15,16,17,18). The summed E-state index contributed by atoms with van der Waals surface area (Å²) in [5, 5.41) is 6.48. The highest BCUT2D eigenvalue weighted by atomic mass is 16.5. The van der Waals surface area contributed by atoms with Crippen LogP contribution in [0.1, 0.15) is 39.5 Å². The van der Waals surface area contributed by atoms with Crippen LogP contribution in [-0.2, 0) is 0 Å². The molecule has 0 radical (unpaired) electrons. The van der Waals surface area contributed by atoms with Crippen LogP contribution in [0.5, 0.6) is 6.01 Å². The third-order valence-electron chi connectivity index (χ3n) is 3.09. The Hall–Kier alpha value is -1.59. The maximum atomic E-state index is 5.11. The molecule has 0 aliphatic heterocycles. The highest BCUT2D eigenvalue weighted by Gasteiger charge is 2.24. The van der Waals surface area contributed by atoms with Crippen LogP contribution >= 0.6 is 0 Å². The van der Waals surface area contributed by atoms with Crippen molar-refractivity contribution in [1.82, 2.24) is 15.0 Å². The second-order valence-electron chi connectivity index (χ2n) is 5.12. The van der Waals surface area contributed by atoms with Crippen LogP contribution in [0.15, 0.2) is 0 Å². The van der Waals surface area contributed by atoms with E-state index >= 15 is 0 Å². The number of nitrogens with zero attached hydrogens (tertiary/aromatic N) is 3. The Morgan fingerprint density at radius 1 is 1.26 bits per heavy atom. The van der Waals surface area contributed by atoms with E-state index in [0.717, 1.165) is 18.9 Å². The van der Waals surface area contributed by atoms with Crippen molar-refractivity contribution in [1.29, 1.82) is 0 Å². The molecule has 6 nitrogen and oxygen atoms in total. The van der Waals surface area contributed by atoms with Gasteiger partial charge >= 0.3 is 6.01 Å². The monoisotopic (exact) mass is 265 g/mol. The van der Waals surface area contributed by atoms with Crippen LogP contribution in [0.4, 0.5) is 11.9 Å². The molecule has 1 aromatic rings. The predicted octanol–water partition coefficient (Wildman–Crippen LogP) is 2.30. The molecule has 6 heteroatoms. The van der Waals surface area contributed by atoms with Crippen LogP contribution < -0.4 is 15.4 Å². The molecule has 0 amide bonds. The number of methoxy groups -OCH3 is 1. The van der Waals surface area contributed by atoms with Gasteiger partial charge in [0.2, 0.25) is 11.9 Å². The van der Waals surface area contributed by atoms with Crippen LogP contribution in [0, 0.1) is 5.92 Å². The highest BCUT2D eigenvalue weighted by Crippen LogP contribution is 2.33. The maximum Gasteiger partial charge on any atom is 0.322 e. The van der Waals surface area contributed by atoms with Gasteiger partial charge in [-0.3, -0.25) is 0 Å². The van der Waals surface area contributed by atoms with Gasteiger partial charge in [-0.2, -0.15) is 15.0 Å². The van der Waals surface area contributed by atoms with Crippen molar-refractivity contribution in [2.24, 2.45) is 5.92 Å². The first-order chi connectivity index (χ1) is 9.21. The minimum atomic E-state index is 0.342. The van der Waals surface area contributed by atoms with Crippen molar-refractivity contribution in [2.45, 2.75) is 45.6 Å². The molecule has 1 aliphatic carbocycles. The summed E-state index contributed by atoms with van der Waals surface area (Å²) in [7, 11) is 1.57. The van der Waals surface area contributed by atoms with Gasteiger partial charge in [0, 0.05) is 12.6 Å².